The number of nitrogens with zero attached hydrogens (tertiary/aromatic N) is 1. The first-order valence-corrected chi connectivity index (χ1v) is 4.81. The van der Waals surface area contributed by atoms with E-state index in [1.807, 2.05) is 0 Å². The van der Waals surface area contributed by atoms with E-state index in [0.29, 0.717) is 12.0 Å². The van der Waals surface area contributed by atoms with Gasteiger partial charge in [-0.25, -0.2) is 4.98 Å². The Kier molecular flexibility index (Phi) is 2.91. The lowest BCUT2D eigenvalue weighted by molar-refractivity contribution is 0.955. The molecule has 1 aromatic rings. The second-order valence-corrected chi connectivity index (χ2v) is 4.67. The van der Waals surface area contributed by atoms with Crippen molar-refractivity contribution < 1.29 is 0 Å². The summed E-state index contributed by atoms with van der Waals surface area (Å²) in [4.78, 5) is 4.28. The van der Waals surface area contributed by atoms with Crippen molar-refractivity contribution in [3.05, 3.63) is 15.0 Å². The van der Waals surface area contributed by atoms with Gasteiger partial charge in [0.25, 0.3) is 0 Å². The molecule has 11 heavy (non-hydrogen) atoms. The number of aromatic nitrogens is 1. The Labute approximate surface area is 83.7 Å². The molecular weight excluding hydrogens is 248 g/mol. The van der Waals surface area contributed by atoms with Crippen molar-refractivity contribution in [2.75, 3.05) is 0 Å². The zero-order valence-corrected chi connectivity index (χ0v) is 8.88. The molecule has 1 aromatic heterocycles. The third kappa shape index (κ3) is 1.93. The molecule has 2 nitrogen and oxygen atoms in total. The van der Waals surface area contributed by atoms with Crippen LogP contribution in [-0.2, 0) is 0 Å². The van der Waals surface area contributed by atoms with Crippen LogP contribution in [0.1, 0.15) is 18.0 Å². The molecular formula is C6H8BrClN2S. The third-order valence-electron chi connectivity index (χ3n) is 1.71. The predicted octanol–water partition coefficient (Wildman–Crippen LogP) is 2.14. The van der Waals surface area contributed by atoms with Gasteiger partial charge in [0, 0.05) is 17.3 Å². The second kappa shape index (κ2) is 3.39. The van der Waals surface area contributed by atoms with Crippen LogP contribution in [0.5, 0.6) is 0 Å². The standard InChI is InChI=1S/C6H7BrN2S.ClH/c7-6-9-5(2-10-6)3-1-4(3)8;/h2-4H,1,8H2;1H/t3-,4-;/m1./s1. The molecule has 2 N–H and O–H groups in total. The van der Waals surface area contributed by atoms with Gasteiger partial charge in [0.1, 0.15) is 0 Å². The minimum absolute atomic E-state index is 0. The molecule has 0 aliphatic heterocycles. The molecule has 1 heterocycles. The maximum atomic E-state index is 5.66. The highest BCUT2D eigenvalue weighted by molar-refractivity contribution is 9.11. The Morgan fingerprint density at radius 2 is 2.36 bits per heavy atom. The summed E-state index contributed by atoms with van der Waals surface area (Å²) < 4.78 is 0.960. The first-order chi connectivity index (χ1) is 4.77. The van der Waals surface area contributed by atoms with Gasteiger partial charge in [0.05, 0.1) is 5.69 Å². The molecule has 1 aliphatic rings. The third-order valence-corrected chi connectivity index (χ3v) is 3.10. The first kappa shape index (κ1) is 9.45. The van der Waals surface area contributed by atoms with Crippen LogP contribution in [0.3, 0.4) is 0 Å². The van der Waals surface area contributed by atoms with Crippen molar-refractivity contribution in [2.45, 2.75) is 18.4 Å². The van der Waals surface area contributed by atoms with Crippen LogP contribution in [0.15, 0.2) is 9.30 Å². The van der Waals surface area contributed by atoms with Crippen molar-refractivity contribution in [1.29, 1.82) is 0 Å². The highest BCUT2D eigenvalue weighted by Gasteiger charge is 2.36. The Morgan fingerprint density at radius 3 is 2.73 bits per heavy atom. The summed E-state index contributed by atoms with van der Waals surface area (Å²) in [6.07, 6.45) is 1.11. The fourth-order valence-electron chi connectivity index (χ4n) is 0.988. The van der Waals surface area contributed by atoms with Gasteiger partial charge in [-0.3, -0.25) is 0 Å². The molecule has 0 saturated heterocycles. The molecule has 62 valence electrons. The van der Waals surface area contributed by atoms with Crippen LogP contribution in [0.4, 0.5) is 0 Å². The smallest absolute Gasteiger partial charge is 0.159 e. The molecule has 2 rings (SSSR count). The molecule has 1 saturated carbocycles. The van der Waals surface area contributed by atoms with Crippen LogP contribution >= 0.6 is 39.7 Å². The second-order valence-electron chi connectivity index (χ2n) is 2.53. The van der Waals surface area contributed by atoms with E-state index in [2.05, 4.69) is 26.3 Å². The normalized spacial score (nSPS) is 27.8. The Morgan fingerprint density at radius 1 is 1.73 bits per heavy atom. The van der Waals surface area contributed by atoms with E-state index in [1.54, 1.807) is 11.3 Å². The summed E-state index contributed by atoms with van der Waals surface area (Å²) in [6, 6.07) is 0.369. The topological polar surface area (TPSA) is 38.9 Å². The lowest BCUT2D eigenvalue weighted by atomic mass is 10.3. The Bertz CT molecular complexity index is 252. The number of hydrogen-bond acceptors (Lipinski definition) is 3. The van der Waals surface area contributed by atoms with E-state index in [1.165, 1.54) is 0 Å². The van der Waals surface area contributed by atoms with Crippen molar-refractivity contribution in [3.63, 3.8) is 0 Å². The van der Waals surface area contributed by atoms with Crippen LogP contribution < -0.4 is 5.73 Å². The highest BCUT2D eigenvalue weighted by Crippen LogP contribution is 2.39. The van der Waals surface area contributed by atoms with Crippen LogP contribution in [0.25, 0.3) is 0 Å². The quantitative estimate of drug-likeness (QED) is 0.835. The predicted molar refractivity (Wildman–Crippen MR) is 52.4 cm³/mol. The molecule has 0 bridgehead atoms. The van der Waals surface area contributed by atoms with Crippen molar-refractivity contribution in [2.24, 2.45) is 5.73 Å². The zero-order valence-electron chi connectivity index (χ0n) is 5.66. The summed E-state index contributed by atoms with van der Waals surface area (Å²) in [5.74, 6) is 0.544. The van der Waals surface area contributed by atoms with Crippen LogP contribution in [-0.4, -0.2) is 11.0 Å². The Hall–Kier alpha value is 0.360. The minimum atomic E-state index is 0. The average molecular weight is 256 g/mol. The van der Waals surface area contributed by atoms with Crippen molar-refractivity contribution in [1.82, 2.24) is 4.98 Å². The molecule has 5 heteroatoms. The van der Waals surface area contributed by atoms with Gasteiger partial charge >= 0.3 is 0 Å². The highest BCUT2D eigenvalue weighted by atomic mass is 79.9. The monoisotopic (exact) mass is 254 g/mol. The lowest BCUT2D eigenvalue weighted by Crippen LogP contribution is -2.00. The van der Waals surface area contributed by atoms with Gasteiger partial charge in [0.15, 0.2) is 3.92 Å². The van der Waals surface area contributed by atoms with E-state index in [0.717, 1.165) is 16.0 Å². The fraction of sp³-hybridized carbons (Fsp3) is 0.500. The SMILES string of the molecule is Cl.N[C@@H]1C[C@H]1c1csc(Br)n1. The maximum Gasteiger partial charge on any atom is 0.159 e. The minimum Gasteiger partial charge on any atom is -0.327 e. The zero-order chi connectivity index (χ0) is 7.14. The molecule has 0 unspecified atom stereocenters. The molecule has 0 radical (unpaired) electrons. The number of rotatable bonds is 1. The summed E-state index contributed by atoms with van der Waals surface area (Å²) in [5, 5.41) is 2.07. The van der Waals surface area contributed by atoms with Gasteiger partial charge in [-0.1, -0.05) is 0 Å². The molecule has 1 aliphatic carbocycles. The first-order valence-electron chi connectivity index (χ1n) is 3.14. The van der Waals surface area contributed by atoms with E-state index < -0.39 is 0 Å². The summed E-state index contributed by atoms with van der Waals surface area (Å²) in [7, 11) is 0. The van der Waals surface area contributed by atoms with Gasteiger partial charge in [-0.2, -0.15) is 0 Å². The molecule has 2 atom stereocenters. The van der Waals surface area contributed by atoms with Crippen LogP contribution in [0.2, 0.25) is 0 Å². The van der Waals surface area contributed by atoms with Gasteiger partial charge < -0.3 is 5.73 Å². The maximum absolute atomic E-state index is 5.66. The van der Waals surface area contributed by atoms with E-state index in [-0.39, 0.29) is 12.4 Å². The molecule has 0 spiro atoms. The van der Waals surface area contributed by atoms with Gasteiger partial charge in [0.2, 0.25) is 0 Å². The number of nitrogens with two attached hydrogens (primary N) is 1. The summed E-state index contributed by atoms with van der Waals surface area (Å²) in [5.41, 5.74) is 6.81. The lowest BCUT2D eigenvalue weighted by Gasteiger charge is -1.85. The van der Waals surface area contributed by atoms with Gasteiger partial charge in [-0.15, -0.1) is 23.7 Å². The number of halogens is 2. The van der Waals surface area contributed by atoms with Crippen LogP contribution in [0, 0.1) is 0 Å². The van der Waals surface area contributed by atoms with E-state index >= 15 is 0 Å². The van der Waals surface area contributed by atoms with E-state index in [9.17, 15) is 0 Å². The fourth-order valence-corrected chi connectivity index (χ4v) is 2.08. The summed E-state index contributed by atoms with van der Waals surface area (Å²) >= 11 is 4.94. The summed E-state index contributed by atoms with van der Waals surface area (Å²) in [6.45, 7) is 0. The average Bonchev–Trinajstić information content (AvgIpc) is 2.42. The van der Waals surface area contributed by atoms with E-state index in [4.69, 9.17) is 5.73 Å². The Balaban J connectivity index is 0.000000605. The number of thiazole rings is 1. The molecule has 0 amide bonds. The molecule has 1 fully saturated rings. The largest absolute Gasteiger partial charge is 0.327 e. The van der Waals surface area contributed by atoms with Crippen molar-refractivity contribution in [3.8, 4) is 0 Å². The van der Waals surface area contributed by atoms with Crippen molar-refractivity contribution >= 4 is 39.7 Å². The van der Waals surface area contributed by atoms with Gasteiger partial charge in [-0.05, 0) is 22.4 Å². The molecule has 0 aromatic carbocycles. The number of hydrogen-bond donors (Lipinski definition) is 1.